The van der Waals surface area contributed by atoms with Crippen molar-refractivity contribution in [3.63, 3.8) is 0 Å². The fraction of sp³-hybridized carbons (Fsp3) is 0.100. The molecule has 0 unspecified atom stereocenters. The van der Waals surface area contributed by atoms with E-state index in [1.165, 1.54) is 6.39 Å². The van der Waals surface area contributed by atoms with Gasteiger partial charge in [-0.3, -0.25) is 0 Å². The number of benzene rings is 1. The van der Waals surface area contributed by atoms with Crippen LogP contribution in [0.1, 0.15) is 5.56 Å². The summed E-state index contributed by atoms with van der Waals surface area (Å²) >= 11 is 0. The topological polar surface area (TPSA) is 46.3 Å². The third-order valence-electron chi connectivity index (χ3n) is 1.84. The predicted octanol–water partition coefficient (Wildman–Crippen LogP) is 1.83. The van der Waals surface area contributed by atoms with Gasteiger partial charge in [0.25, 0.3) is 0 Å². The molecule has 2 rings (SSSR count). The van der Waals surface area contributed by atoms with Gasteiger partial charge in [-0.25, -0.2) is 4.98 Å². The second-order valence-electron chi connectivity index (χ2n) is 2.73. The maximum absolute atomic E-state index is 8.92. The van der Waals surface area contributed by atoms with Crippen LogP contribution in [0.15, 0.2) is 41.3 Å². The van der Waals surface area contributed by atoms with Crippen molar-refractivity contribution in [1.29, 1.82) is 0 Å². The summed E-state index contributed by atoms with van der Waals surface area (Å²) in [7, 11) is 0. The molecular weight excluding hydrogens is 166 g/mol. The highest BCUT2D eigenvalue weighted by molar-refractivity contribution is 5.58. The number of nitrogens with zero attached hydrogens (tertiary/aromatic N) is 1. The molecule has 0 aliphatic rings. The molecule has 0 atom stereocenters. The van der Waals surface area contributed by atoms with Crippen LogP contribution in [-0.4, -0.2) is 10.1 Å². The lowest BCUT2D eigenvalue weighted by atomic mass is 10.1. The Morgan fingerprint density at radius 2 is 2.31 bits per heavy atom. The molecule has 2 aromatic rings. The van der Waals surface area contributed by atoms with Gasteiger partial charge in [0, 0.05) is 5.56 Å². The van der Waals surface area contributed by atoms with Crippen LogP contribution in [0, 0.1) is 0 Å². The molecule has 3 heteroatoms. The van der Waals surface area contributed by atoms with Gasteiger partial charge >= 0.3 is 0 Å². The summed E-state index contributed by atoms with van der Waals surface area (Å²) in [6.45, 7) is 0.0473. The predicted molar refractivity (Wildman–Crippen MR) is 47.9 cm³/mol. The highest BCUT2D eigenvalue weighted by Crippen LogP contribution is 2.17. The molecule has 0 saturated heterocycles. The Balaban J connectivity index is 2.41. The number of hydrogen-bond acceptors (Lipinski definition) is 3. The summed E-state index contributed by atoms with van der Waals surface area (Å²) in [6, 6.07) is 7.56. The summed E-state index contributed by atoms with van der Waals surface area (Å²) in [5, 5.41) is 8.92. The standard InChI is InChI=1S/C10H9NO2/c12-5-8-2-1-3-9(4-8)10-6-13-7-11-10/h1-4,6-7,12H,5H2. The zero-order valence-corrected chi connectivity index (χ0v) is 6.97. The maximum Gasteiger partial charge on any atom is 0.181 e. The monoisotopic (exact) mass is 175 g/mol. The lowest BCUT2D eigenvalue weighted by Crippen LogP contribution is -1.83. The summed E-state index contributed by atoms with van der Waals surface area (Å²) < 4.78 is 4.87. The maximum atomic E-state index is 8.92. The highest BCUT2D eigenvalue weighted by atomic mass is 16.3. The first-order valence-electron chi connectivity index (χ1n) is 3.98. The summed E-state index contributed by atoms with van der Waals surface area (Å²) in [5.74, 6) is 0. The minimum absolute atomic E-state index is 0.0473. The molecule has 0 aliphatic heterocycles. The lowest BCUT2D eigenvalue weighted by Gasteiger charge is -1.98. The zero-order chi connectivity index (χ0) is 9.10. The molecule has 0 bridgehead atoms. The van der Waals surface area contributed by atoms with Crippen LogP contribution in [0.25, 0.3) is 11.3 Å². The smallest absolute Gasteiger partial charge is 0.181 e. The Morgan fingerprint density at radius 1 is 1.38 bits per heavy atom. The van der Waals surface area contributed by atoms with Crippen molar-refractivity contribution in [2.24, 2.45) is 0 Å². The van der Waals surface area contributed by atoms with Crippen molar-refractivity contribution >= 4 is 0 Å². The summed E-state index contributed by atoms with van der Waals surface area (Å²) in [6.07, 6.45) is 2.97. The van der Waals surface area contributed by atoms with E-state index in [9.17, 15) is 0 Å². The normalized spacial score (nSPS) is 10.2. The van der Waals surface area contributed by atoms with Crippen LogP contribution < -0.4 is 0 Å². The molecule has 1 aromatic heterocycles. The van der Waals surface area contributed by atoms with E-state index in [4.69, 9.17) is 9.52 Å². The van der Waals surface area contributed by atoms with Crippen molar-refractivity contribution in [3.05, 3.63) is 42.5 Å². The van der Waals surface area contributed by atoms with E-state index >= 15 is 0 Å². The molecular formula is C10H9NO2. The Hall–Kier alpha value is -1.61. The highest BCUT2D eigenvalue weighted by Gasteiger charge is 2.00. The van der Waals surface area contributed by atoms with Crippen molar-refractivity contribution < 1.29 is 9.52 Å². The fourth-order valence-corrected chi connectivity index (χ4v) is 1.18. The Kier molecular flexibility index (Phi) is 2.10. The van der Waals surface area contributed by atoms with Crippen LogP contribution in [0.5, 0.6) is 0 Å². The van der Waals surface area contributed by atoms with Crippen molar-refractivity contribution in [2.75, 3.05) is 0 Å². The van der Waals surface area contributed by atoms with Crippen LogP contribution in [-0.2, 0) is 6.61 Å². The van der Waals surface area contributed by atoms with Gasteiger partial charge in [0.1, 0.15) is 12.0 Å². The number of hydrogen-bond donors (Lipinski definition) is 1. The van der Waals surface area contributed by atoms with Gasteiger partial charge < -0.3 is 9.52 Å². The van der Waals surface area contributed by atoms with Crippen LogP contribution in [0.4, 0.5) is 0 Å². The molecule has 1 heterocycles. The van der Waals surface area contributed by atoms with Crippen LogP contribution in [0.3, 0.4) is 0 Å². The largest absolute Gasteiger partial charge is 0.451 e. The molecule has 1 aromatic carbocycles. The summed E-state index contributed by atoms with van der Waals surface area (Å²) in [5.41, 5.74) is 2.62. The molecule has 66 valence electrons. The molecule has 0 spiro atoms. The Morgan fingerprint density at radius 3 is 3.00 bits per heavy atom. The zero-order valence-electron chi connectivity index (χ0n) is 6.97. The first kappa shape index (κ1) is 8.01. The third kappa shape index (κ3) is 1.60. The number of aliphatic hydroxyl groups excluding tert-OH is 1. The van der Waals surface area contributed by atoms with Gasteiger partial charge in [0.15, 0.2) is 6.39 Å². The number of rotatable bonds is 2. The quantitative estimate of drug-likeness (QED) is 0.757. The van der Waals surface area contributed by atoms with Crippen molar-refractivity contribution in [3.8, 4) is 11.3 Å². The number of aliphatic hydroxyl groups is 1. The van der Waals surface area contributed by atoms with E-state index in [1.54, 1.807) is 6.26 Å². The Labute approximate surface area is 75.7 Å². The average Bonchev–Trinajstić information content (AvgIpc) is 2.71. The number of oxazole rings is 1. The minimum atomic E-state index is 0.0473. The second-order valence-corrected chi connectivity index (χ2v) is 2.73. The lowest BCUT2D eigenvalue weighted by molar-refractivity contribution is 0.282. The van der Waals surface area contributed by atoms with Crippen LogP contribution in [0.2, 0.25) is 0 Å². The van der Waals surface area contributed by atoms with E-state index in [2.05, 4.69) is 4.98 Å². The van der Waals surface area contributed by atoms with Gasteiger partial charge in [0.05, 0.1) is 6.61 Å². The number of aromatic nitrogens is 1. The molecule has 0 saturated carbocycles. The second kappa shape index (κ2) is 3.41. The molecule has 1 N–H and O–H groups in total. The van der Waals surface area contributed by atoms with E-state index < -0.39 is 0 Å². The van der Waals surface area contributed by atoms with Gasteiger partial charge in [-0.15, -0.1) is 0 Å². The van der Waals surface area contributed by atoms with Gasteiger partial charge in [-0.2, -0.15) is 0 Å². The third-order valence-corrected chi connectivity index (χ3v) is 1.84. The fourth-order valence-electron chi connectivity index (χ4n) is 1.18. The first-order valence-corrected chi connectivity index (χ1v) is 3.98. The van der Waals surface area contributed by atoms with E-state index in [0.29, 0.717) is 0 Å². The summed E-state index contributed by atoms with van der Waals surface area (Å²) in [4.78, 5) is 4.01. The van der Waals surface area contributed by atoms with E-state index in [0.717, 1.165) is 16.8 Å². The van der Waals surface area contributed by atoms with Crippen molar-refractivity contribution in [2.45, 2.75) is 6.61 Å². The molecule has 0 radical (unpaired) electrons. The SMILES string of the molecule is OCc1cccc(-c2cocn2)c1. The van der Waals surface area contributed by atoms with Gasteiger partial charge in [0.2, 0.25) is 0 Å². The van der Waals surface area contributed by atoms with Gasteiger partial charge in [-0.05, 0) is 11.6 Å². The molecule has 0 aliphatic carbocycles. The molecule has 13 heavy (non-hydrogen) atoms. The molecule has 0 amide bonds. The van der Waals surface area contributed by atoms with Crippen LogP contribution >= 0.6 is 0 Å². The average molecular weight is 175 g/mol. The molecule has 0 fully saturated rings. The van der Waals surface area contributed by atoms with E-state index in [-0.39, 0.29) is 6.61 Å². The Bertz CT molecular complexity index is 382. The van der Waals surface area contributed by atoms with Gasteiger partial charge in [-0.1, -0.05) is 18.2 Å². The minimum Gasteiger partial charge on any atom is -0.451 e. The van der Waals surface area contributed by atoms with E-state index in [1.807, 2.05) is 24.3 Å². The van der Waals surface area contributed by atoms with Crippen molar-refractivity contribution in [1.82, 2.24) is 4.98 Å². The first-order chi connectivity index (χ1) is 6.40. The molecule has 3 nitrogen and oxygen atoms in total.